The predicted molar refractivity (Wildman–Crippen MR) is 71.1 cm³/mol. The maximum absolute atomic E-state index is 13.4. The zero-order chi connectivity index (χ0) is 14.7. The molecular formula is C13H14ClFN2O3. The molecule has 2 amide bonds. The van der Waals surface area contributed by atoms with Crippen LogP contribution in [-0.4, -0.2) is 49.6 Å². The summed E-state index contributed by atoms with van der Waals surface area (Å²) in [6.45, 7) is 0.763. The molecule has 0 bridgehead atoms. The minimum atomic E-state index is -0.699. The molecule has 0 aliphatic carbocycles. The first-order valence-electron chi connectivity index (χ1n) is 6.10. The fourth-order valence-electron chi connectivity index (χ4n) is 1.97. The Hall–Kier alpha value is -1.66. The number of hydrogen-bond donors (Lipinski definition) is 1. The number of benzene rings is 1. The van der Waals surface area contributed by atoms with E-state index in [0.717, 1.165) is 6.07 Å². The van der Waals surface area contributed by atoms with Crippen LogP contribution in [0.2, 0.25) is 5.02 Å². The van der Waals surface area contributed by atoms with E-state index in [-0.39, 0.29) is 35.6 Å². The van der Waals surface area contributed by atoms with E-state index in [1.54, 1.807) is 0 Å². The second-order valence-corrected chi connectivity index (χ2v) is 4.76. The van der Waals surface area contributed by atoms with Gasteiger partial charge in [-0.05, 0) is 18.2 Å². The molecule has 0 radical (unpaired) electrons. The Morgan fingerprint density at radius 1 is 1.50 bits per heavy atom. The van der Waals surface area contributed by atoms with Crippen molar-refractivity contribution in [2.24, 2.45) is 0 Å². The number of halogens is 2. The lowest BCUT2D eigenvalue weighted by atomic mass is 10.1. The molecule has 5 nitrogen and oxygen atoms in total. The van der Waals surface area contributed by atoms with Crippen LogP contribution in [0.1, 0.15) is 10.4 Å². The molecule has 1 aromatic carbocycles. The Kier molecular flexibility index (Phi) is 4.57. The van der Waals surface area contributed by atoms with Gasteiger partial charge in [0.15, 0.2) is 6.10 Å². The molecule has 0 spiro atoms. The van der Waals surface area contributed by atoms with Crippen LogP contribution in [0.25, 0.3) is 0 Å². The number of carbonyl (C=O) groups is 2. The molecule has 2 rings (SSSR count). The van der Waals surface area contributed by atoms with Crippen LogP contribution in [0.5, 0.6) is 0 Å². The van der Waals surface area contributed by atoms with E-state index in [1.807, 2.05) is 0 Å². The molecule has 1 N–H and O–H groups in total. The van der Waals surface area contributed by atoms with Crippen molar-refractivity contribution in [2.45, 2.75) is 6.10 Å². The average molecular weight is 301 g/mol. The van der Waals surface area contributed by atoms with Gasteiger partial charge in [0.05, 0.1) is 18.2 Å². The number of rotatable bonds is 2. The summed E-state index contributed by atoms with van der Waals surface area (Å²) in [4.78, 5) is 25.2. The molecule has 7 heteroatoms. The molecule has 1 aliphatic heterocycles. The lowest BCUT2D eigenvalue weighted by Crippen LogP contribution is -2.51. The van der Waals surface area contributed by atoms with Gasteiger partial charge in [0.1, 0.15) is 5.82 Å². The van der Waals surface area contributed by atoms with Gasteiger partial charge in [0.25, 0.3) is 11.8 Å². The van der Waals surface area contributed by atoms with Crippen molar-refractivity contribution in [1.29, 1.82) is 0 Å². The summed E-state index contributed by atoms with van der Waals surface area (Å²) in [5.41, 5.74) is 0.199. The SMILES string of the molecule is CNC(=O)C1CN(C(=O)c2ccc(Cl)c(F)c2)CCO1. The molecule has 1 aliphatic rings. The van der Waals surface area contributed by atoms with Crippen LogP contribution in [0.3, 0.4) is 0 Å². The number of amides is 2. The normalized spacial score (nSPS) is 18.8. The third-order valence-electron chi connectivity index (χ3n) is 3.06. The number of ether oxygens (including phenoxy) is 1. The summed E-state index contributed by atoms with van der Waals surface area (Å²) in [7, 11) is 1.50. The van der Waals surface area contributed by atoms with E-state index in [1.165, 1.54) is 24.1 Å². The Labute approximate surface area is 120 Å². The van der Waals surface area contributed by atoms with Gasteiger partial charge in [0.2, 0.25) is 0 Å². The fourth-order valence-corrected chi connectivity index (χ4v) is 2.08. The van der Waals surface area contributed by atoms with Crippen LogP contribution in [0.15, 0.2) is 18.2 Å². The first-order valence-corrected chi connectivity index (χ1v) is 6.48. The Balaban J connectivity index is 2.12. The zero-order valence-corrected chi connectivity index (χ0v) is 11.6. The Morgan fingerprint density at radius 2 is 2.25 bits per heavy atom. The number of hydrogen-bond acceptors (Lipinski definition) is 3. The van der Waals surface area contributed by atoms with Crippen molar-refractivity contribution in [3.05, 3.63) is 34.6 Å². The van der Waals surface area contributed by atoms with E-state index in [2.05, 4.69) is 5.32 Å². The summed E-state index contributed by atoms with van der Waals surface area (Å²) >= 11 is 5.58. The molecule has 1 saturated heterocycles. The largest absolute Gasteiger partial charge is 0.365 e. The Bertz CT molecular complexity index is 538. The number of carbonyl (C=O) groups excluding carboxylic acids is 2. The third kappa shape index (κ3) is 3.08. The van der Waals surface area contributed by atoms with Crippen molar-refractivity contribution in [2.75, 3.05) is 26.7 Å². The van der Waals surface area contributed by atoms with Gasteiger partial charge < -0.3 is 15.0 Å². The van der Waals surface area contributed by atoms with Gasteiger partial charge in [-0.15, -0.1) is 0 Å². The maximum Gasteiger partial charge on any atom is 0.254 e. The van der Waals surface area contributed by atoms with E-state index in [0.29, 0.717) is 6.54 Å². The van der Waals surface area contributed by atoms with Crippen molar-refractivity contribution in [3.8, 4) is 0 Å². The second-order valence-electron chi connectivity index (χ2n) is 4.35. The van der Waals surface area contributed by atoms with Crippen molar-refractivity contribution in [1.82, 2.24) is 10.2 Å². The fraction of sp³-hybridized carbons (Fsp3) is 0.385. The first-order chi connectivity index (χ1) is 9.52. The van der Waals surface area contributed by atoms with Crippen molar-refractivity contribution in [3.63, 3.8) is 0 Å². The van der Waals surface area contributed by atoms with Crippen LogP contribution >= 0.6 is 11.6 Å². The lowest BCUT2D eigenvalue weighted by molar-refractivity contribution is -0.136. The number of nitrogens with zero attached hydrogens (tertiary/aromatic N) is 1. The third-order valence-corrected chi connectivity index (χ3v) is 3.37. The molecule has 20 heavy (non-hydrogen) atoms. The minimum absolute atomic E-state index is 0.0354. The molecule has 1 unspecified atom stereocenters. The second kappa shape index (κ2) is 6.19. The minimum Gasteiger partial charge on any atom is -0.365 e. The van der Waals surface area contributed by atoms with Gasteiger partial charge >= 0.3 is 0 Å². The zero-order valence-electron chi connectivity index (χ0n) is 10.9. The first kappa shape index (κ1) is 14.7. The molecule has 0 saturated carbocycles. The topological polar surface area (TPSA) is 58.6 Å². The highest BCUT2D eigenvalue weighted by molar-refractivity contribution is 6.30. The highest BCUT2D eigenvalue weighted by Crippen LogP contribution is 2.18. The van der Waals surface area contributed by atoms with E-state index < -0.39 is 11.9 Å². The highest BCUT2D eigenvalue weighted by atomic mass is 35.5. The van der Waals surface area contributed by atoms with Gasteiger partial charge in [0, 0.05) is 19.2 Å². The van der Waals surface area contributed by atoms with Gasteiger partial charge in [-0.1, -0.05) is 11.6 Å². The smallest absolute Gasteiger partial charge is 0.254 e. The van der Waals surface area contributed by atoms with Crippen molar-refractivity contribution < 1.29 is 18.7 Å². The van der Waals surface area contributed by atoms with Crippen LogP contribution in [-0.2, 0) is 9.53 Å². The molecule has 0 aromatic heterocycles. The standard InChI is InChI=1S/C13H14ClFN2O3/c1-16-12(18)11-7-17(4-5-20-11)13(19)8-2-3-9(14)10(15)6-8/h2-3,6,11H,4-5,7H2,1H3,(H,16,18). The monoisotopic (exact) mass is 300 g/mol. The highest BCUT2D eigenvalue weighted by Gasteiger charge is 2.29. The molecule has 1 atom stereocenters. The summed E-state index contributed by atoms with van der Waals surface area (Å²) in [5, 5.41) is 2.44. The number of morpholine rings is 1. The van der Waals surface area contributed by atoms with Crippen LogP contribution in [0.4, 0.5) is 4.39 Å². The number of likely N-dealkylation sites (N-methyl/N-ethyl adjacent to an activating group) is 1. The molecule has 1 fully saturated rings. The van der Waals surface area contributed by atoms with Crippen molar-refractivity contribution >= 4 is 23.4 Å². The van der Waals surface area contributed by atoms with E-state index >= 15 is 0 Å². The Morgan fingerprint density at radius 3 is 2.90 bits per heavy atom. The molecule has 1 aromatic rings. The maximum atomic E-state index is 13.4. The van der Waals surface area contributed by atoms with Crippen LogP contribution in [0, 0.1) is 5.82 Å². The molecule has 108 valence electrons. The lowest BCUT2D eigenvalue weighted by Gasteiger charge is -2.32. The van der Waals surface area contributed by atoms with Crippen LogP contribution < -0.4 is 5.32 Å². The summed E-state index contributed by atoms with van der Waals surface area (Å²) in [6.07, 6.45) is -0.699. The summed E-state index contributed by atoms with van der Waals surface area (Å²) in [5.74, 6) is -1.28. The van der Waals surface area contributed by atoms with Gasteiger partial charge in [-0.3, -0.25) is 9.59 Å². The van der Waals surface area contributed by atoms with Gasteiger partial charge in [-0.25, -0.2) is 4.39 Å². The quantitative estimate of drug-likeness (QED) is 0.889. The predicted octanol–water partition coefficient (Wildman–Crippen LogP) is 1.07. The molecular weight excluding hydrogens is 287 g/mol. The van der Waals surface area contributed by atoms with Gasteiger partial charge in [-0.2, -0.15) is 0 Å². The summed E-state index contributed by atoms with van der Waals surface area (Å²) < 4.78 is 18.7. The van der Waals surface area contributed by atoms with E-state index in [4.69, 9.17) is 16.3 Å². The van der Waals surface area contributed by atoms with E-state index in [9.17, 15) is 14.0 Å². The molecule has 1 heterocycles. The summed E-state index contributed by atoms with van der Waals surface area (Å²) in [6, 6.07) is 3.88. The number of nitrogens with one attached hydrogen (secondary N) is 1. The average Bonchev–Trinajstić information content (AvgIpc) is 2.48.